The molecule has 0 aliphatic rings. The molecule has 0 radical (unpaired) electrons. The predicted octanol–water partition coefficient (Wildman–Crippen LogP) is 1.31. The molecule has 116 valence electrons. The Bertz CT molecular complexity index is 222. The molecule has 0 N–H and O–H groups in total. The molecule has 0 spiro atoms. The Morgan fingerprint density at radius 2 is 1.05 bits per heavy atom. The summed E-state index contributed by atoms with van der Waals surface area (Å²) < 4.78 is 37.9. The van der Waals surface area contributed by atoms with E-state index in [0.29, 0.717) is 0 Å². The summed E-state index contributed by atoms with van der Waals surface area (Å²) in [4.78, 5) is 0. The van der Waals surface area contributed by atoms with E-state index in [2.05, 4.69) is 0 Å². The minimum absolute atomic E-state index is 0.0242. The maximum absolute atomic E-state index is 5.86. The third-order valence-corrected chi connectivity index (χ3v) is 7.84. The Kier molecular flexibility index (Phi) is 9.23. The first-order valence-electron chi connectivity index (χ1n) is 6.14. The van der Waals surface area contributed by atoms with Crippen molar-refractivity contribution >= 4 is 18.1 Å². The topological polar surface area (TPSA) is 64.6 Å². The van der Waals surface area contributed by atoms with Crippen molar-refractivity contribution in [2.24, 2.45) is 0 Å². The van der Waals surface area contributed by atoms with Gasteiger partial charge in [0.2, 0.25) is 0 Å². The van der Waals surface area contributed by atoms with Gasteiger partial charge in [-0.3, -0.25) is 0 Å². The van der Waals surface area contributed by atoms with Gasteiger partial charge < -0.3 is 30.7 Å². The van der Waals surface area contributed by atoms with E-state index in [-0.39, 0.29) is 6.10 Å². The van der Waals surface area contributed by atoms with Crippen LogP contribution in [0, 0.1) is 0 Å². The zero-order valence-corrected chi connectivity index (χ0v) is 14.8. The second kappa shape index (κ2) is 9.16. The summed E-state index contributed by atoms with van der Waals surface area (Å²) in [5.74, 6) is 0. The van der Waals surface area contributed by atoms with Gasteiger partial charge in [0.15, 0.2) is 0 Å². The summed E-state index contributed by atoms with van der Waals surface area (Å²) in [6, 6.07) is 0. The van der Waals surface area contributed by atoms with E-state index in [1.807, 2.05) is 13.8 Å². The quantitative estimate of drug-likeness (QED) is 0.533. The summed E-state index contributed by atoms with van der Waals surface area (Å²) in [5, 5.41) is 0. The molecule has 0 heterocycles. The van der Waals surface area contributed by atoms with Crippen LogP contribution in [0.3, 0.4) is 0 Å². The van der Waals surface area contributed by atoms with Gasteiger partial charge in [-0.1, -0.05) is 13.8 Å². The first kappa shape index (κ1) is 19.2. The lowest BCUT2D eigenvalue weighted by atomic mass is 10.2. The zero-order valence-electron chi connectivity index (χ0n) is 12.8. The SMILES string of the molecule is CCC(CC)O[Si](OC)(OC)O[Si](OC)(OC)OC. The van der Waals surface area contributed by atoms with Crippen LogP contribution in [0.25, 0.3) is 0 Å². The highest BCUT2D eigenvalue weighted by Crippen LogP contribution is 2.22. The third kappa shape index (κ3) is 5.21. The lowest BCUT2D eigenvalue weighted by molar-refractivity contribution is -0.0510. The Hall–Kier alpha value is 0.154. The van der Waals surface area contributed by atoms with E-state index in [9.17, 15) is 0 Å². The van der Waals surface area contributed by atoms with Crippen LogP contribution in [0.2, 0.25) is 0 Å². The monoisotopic (exact) mass is 314 g/mol. The van der Waals surface area contributed by atoms with E-state index in [0.717, 1.165) is 12.8 Å². The Labute approximate surface area is 118 Å². The molecule has 0 aromatic heterocycles. The van der Waals surface area contributed by atoms with Crippen LogP contribution in [0.15, 0.2) is 0 Å². The smallest absolute Gasteiger partial charge is 0.355 e. The highest BCUT2D eigenvalue weighted by Gasteiger charge is 2.58. The minimum Gasteiger partial charge on any atom is -0.355 e. The molecule has 0 fully saturated rings. The lowest BCUT2D eigenvalue weighted by Crippen LogP contribution is -2.61. The highest BCUT2D eigenvalue weighted by atomic mass is 28.5. The molecule has 0 aromatic carbocycles. The average molecular weight is 314 g/mol. The lowest BCUT2D eigenvalue weighted by Gasteiger charge is -2.34. The van der Waals surface area contributed by atoms with Gasteiger partial charge in [-0.15, -0.1) is 0 Å². The van der Waals surface area contributed by atoms with Crippen LogP contribution in [0.1, 0.15) is 26.7 Å². The second-order valence-corrected chi connectivity index (χ2v) is 8.77. The fourth-order valence-corrected chi connectivity index (χ4v) is 6.16. The van der Waals surface area contributed by atoms with Crippen molar-refractivity contribution in [1.82, 2.24) is 0 Å². The summed E-state index contributed by atoms with van der Waals surface area (Å²) in [6.45, 7) is 4.04. The molecule has 0 atom stereocenters. The summed E-state index contributed by atoms with van der Waals surface area (Å²) in [6.07, 6.45) is 1.62. The van der Waals surface area contributed by atoms with Crippen molar-refractivity contribution in [3.8, 4) is 0 Å². The maximum Gasteiger partial charge on any atom is 0.673 e. The van der Waals surface area contributed by atoms with Gasteiger partial charge in [0.05, 0.1) is 6.10 Å². The Morgan fingerprint density at radius 1 is 0.684 bits per heavy atom. The largest absolute Gasteiger partial charge is 0.673 e. The summed E-state index contributed by atoms with van der Waals surface area (Å²) >= 11 is 0. The van der Waals surface area contributed by atoms with Gasteiger partial charge in [-0.25, -0.2) is 0 Å². The maximum atomic E-state index is 5.86. The van der Waals surface area contributed by atoms with Gasteiger partial charge in [0, 0.05) is 35.5 Å². The Balaban J connectivity index is 5.06. The van der Waals surface area contributed by atoms with Gasteiger partial charge in [-0.05, 0) is 12.8 Å². The van der Waals surface area contributed by atoms with Crippen molar-refractivity contribution in [2.75, 3.05) is 35.5 Å². The molecule has 0 aliphatic carbocycles. The van der Waals surface area contributed by atoms with Crippen LogP contribution in [-0.2, 0) is 30.7 Å². The van der Waals surface area contributed by atoms with E-state index in [1.54, 1.807) is 0 Å². The Morgan fingerprint density at radius 3 is 1.32 bits per heavy atom. The molecule has 0 bridgehead atoms. The number of rotatable bonds is 11. The summed E-state index contributed by atoms with van der Waals surface area (Å²) in [7, 11) is 0.616. The predicted molar refractivity (Wildman–Crippen MR) is 73.1 cm³/mol. The fourth-order valence-electron chi connectivity index (χ4n) is 1.47. The molecular formula is C10H26O7Si2. The fraction of sp³-hybridized carbons (Fsp3) is 1.00. The first-order valence-corrected chi connectivity index (χ1v) is 9.41. The van der Waals surface area contributed by atoms with Crippen LogP contribution in [0.5, 0.6) is 0 Å². The third-order valence-electron chi connectivity index (χ3n) is 2.72. The molecule has 0 amide bonds. The molecule has 0 saturated carbocycles. The van der Waals surface area contributed by atoms with Crippen LogP contribution < -0.4 is 0 Å². The van der Waals surface area contributed by atoms with E-state index < -0.39 is 18.1 Å². The van der Waals surface area contributed by atoms with Crippen LogP contribution in [0.4, 0.5) is 0 Å². The van der Waals surface area contributed by atoms with Gasteiger partial charge in [0.25, 0.3) is 0 Å². The van der Waals surface area contributed by atoms with Crippen molar-refractivity contribution in [3.05, 3.63) is 0 Å². The van der Waals surface area contributed by atoms with Crippen molar-refractivity contribution < 1.29 is 30.7 Å². The minimum atomic E-state index is -3.36. The molecular weight excluding hydrogens is 288 g/mol. The number of hydrogen-bond acceptors (Lipinski definition) is 7. The van der Waals surface area contributed by atoms with Crippen LogP contribution in [-0.4, -0.2) is 59.7 Å². The van der Waals surface area contributed by atoms with E-state index in [4.69, 9.17) is 30.7 Å². The zero-order chi connectivity index (χ0) is 14.9. The standard InChI is InChI=1S/C10H26O7Si2/c1-8-10(9-2)16-19(14-6,15-7)17-18(11-3,12-4)13-5/h10H,8-9H2,1-7H3. The normalized spacial score (nSPS) is 13.3. The van der Waals surface area contributed by atoms with E-state index >= 15 is 0 Å². The molecule has 0 saturated heterocycles. The number of hydrogen-bond donors (Lipinski definition) is 0. The molecule has 0 rings (SSSR count). The molecule has 0 aliphatic heterocycles. The van der Waals surface area contributed by atoms with Crippen LogP contribution >= 0.6 is 0 Å². The average Bonchev–Trinajstić information content (AvgIpc) is 2.49. The first-order chi connectivity index (χ1) is 9.00. The molecule has 9 heteroatoms. The second-order valence-electron chi connectivity index (χ2n) is 3.68. The van der Waals surface area contributed by atoms with Crippen molar-refractivity contribution in [3.63, 3.8) is 0 Å². The molecule has 7 nitrogen and oxygen atoms in total. The van der Waals surface area contributed by atoms with Crippen molar-refractivity contribution in [2.45, 2.75) is 32.8 Å². The molecule has 19 heavy (non-hydrogen) atoms. The highest BCUT2D eigenvalue weighted by molar-refractivity contribution is 6.68. The van der Waals surface area contributed by atoms with Crippen molar-refractivity contribution in [1.29, 1.82) is 0 Å². The van der Waals surface area contributed by atoms with Gasteiger partial charge in [0.1, 0.15) is 0 Å². The van der Waals surface area contributed by atoms with Gasteiger partial charge >= 0.3 is 18.1 Å². The summed E-state index contributed by atoms with van der Waals surface area (Å²) in [5.41, 5.74) is 0. The molecule has 0 unspecified atom stereocenters. The molecule has 0 aromatic rings. The van der Waals surface area contributed by atoms with Gasteiger partial charge in [-0.2, -0.15) is 0 Å². The van der Waals surface area contributed by atoms with E-state index in [1.165, 1.54) is 35.5 Å².